The van der Waals surface area contributed by atoms with E-state index in [1.54, 1.807) is 42.7 Å². The number of rotatable bonds is 7. The summed E-state index contributed by atoms with van der Waals surface area (Å²) in [5.41, 5.74) is 1.83. The molecule has 0 aliphatic heterocycles. The van der Waals surface area contributed by atoms with E-state index >= 15 is 0 Å². The predicted molar refractivity (Wildman–Crippen MR) is 120 cm³/mol. The van der Waals surface area contributed by atoms with Crippen LogP contribution < -0.4 is 15.4 Å². The van der Waals surface area contributed by atoms with Gasteiger partial charge < -0.3 is 10.6 Å². The quantitative estimate of drug-likeness (QED) is 0.502. The van der Waals surface area contributed by atoms with Gasteiger partial charge in [-0.05, 0) is 42.0 Å². The second kappa shape index (κ2) is 9.59. The van der Waals surface area contributed by atoms with Crippen molar-refractivity contribution in [1.82, 2.24) is 10.3 Å². The van der Waals surface area contributed by atoms with Crippen molar-refractivity contribution < 1.29 is 18.0 Å². The van der Waals surface area contributed by atoms with E-state index in [2.05, 4.69) is 20.3 Å². The molecule has 0 radical (unpaired) electrons. The van der Waals surface area contributed by atoms with Gasteiger partial charge in [-0.2, -0.15) is 0 Å². The monoisotopic (exact) mass is 458 g/mol. The van der Waals surface area contributed by atoms with Gasteiger partial charge in [0, 0.05) is 24.5 Å². The molecular formula is C21H19ClN4O4S. The molecule has 1 aromatic heterocycles. The number of halogens is 1. The Labute approximate surface area is 184 Å². The van der Waals surface area contributed by atoms with Gasteiger partial charge in [-0.1, -0.05) is 29.8 Å². The SMILES string of the molecule is CS(=O)(=O)Nc1ccc(C(=O)Nc2ccccc2C(=O)NCc2cccnc2)cc1Cl. The van der Waals surface area contributed by atoms with E-state index in [1.807, 2.05) is 6.07 Å². The molecule has 3 aromatic rings. The third kappa shape index (κ3) is 6.27. The van der Waals surface area contributed by atoms with E-state index in [9.17, 15) is 18.0 Å². The van der Waals surface area contributed by atoms with Crippen LogP contribution in [-0.2, 0) is 16.6 Å². The van der Waals surface area contributed by atoms with Crippen LogP contribution in [0.2, 0.25) is 5.02 Å². The summed E-state index contributed by atoms with van der Waals surface area (Å²) in [5.74, 6) is -0.856. The lowest BCUT2D eigenvalue weighted by atomic mass is 10.1. The number of sulfonamides is 1. The molecule has 0 unspecified atom stereocenters. The number of carbonyl (C=O) groups is 2. The first-order valence-electron chi connectivity index (χ1n) is 9.08. The number of amides is 2. The lowest BCUT2D eigenvalue weighted by Crippen LogP contribution is -2.25. The highest BCUT2D eigenvalue weighted by Gasteiger charge is 2.15. The summed E-state index contributed by atoms with van der Waals surface area (Å²) in [7, 11) is -3.51. The highest BCUT2D eigenvalue weighted by molar-refractivity contribution is 7.92. The van der Waals surface area contributed by atoms with Crippen LogP contribution in [-0.4, -0.2) is 31.5 Å². The molecule has 2 aromatic carbocycles. The number of benzene rings is 2. The topological polar surface area (TPSA) is 117 Å². The zero-order valence-electron chi connectivity index (χ0n) is 16.4. The van der Waals surface area contributed by atoms with E-state index in [0.29, 0.717) is 17.8 Å². The smallest absolute Gasteiger partial charge is 0.255 e. The normalized spacial score (nSPS) is 10.9. The highest BCUT2D eigenvalue weighted by Crippen LogP contribution is 2.25. The molecular weight excluding hydrogens is 440 g/mol. The minimum Gasteiger partial charge on any atom is -0.348 e. The number of nitrogens with one attached hydrogen (secondary N) is 3. The highest BCUT2D eigenvalue weighted by atomic mass is 35.5. The minimum atomic E-state index is -3.51. The first-order chi connectivity index (χ1) is 14.7. The van der Waals surface area contributed by atoms with Crippen molar-refractivity contribution in [2.45, 2.75) is 6.54 Å². The van der Waals surface area contributed by atoms with E-state index in [-0.39, 0.29) is 22.2 Å². The Hall–Kier alpha value is -3.43. The standard InChI is InChI=1S/C21H19ClN4O4S/c1-31(29,30)26-19-9-8-15(11-17(19)22)20(27)25-18-7-3-2-6-16(18)21(28)24-13-14-5-4-10-23-12-14/h2-12,26H,13H2,1H3,(H,24,28)(H,25,27). The summed E-state index contributed by atoms with van der Waals surface area (Å²) in [6.07, 6.45) is 4.30. The molecule has 0 fully saturated rings. The second-order valence-corrected chi connectivity index (χ2v) is 8.77. The van der Waals surface area contributed by atoms with Crippen molar-refractivity contribution in [1.29, 1.82) is 0 Å². The van der Waals surface area contributed by atoms with E-state index in [0.717, 1.165) is 11.8 Å². The number of aromatic nitrogens is 1. The first kappa shape index (κ1) is 22.3. The lowest BCUT2D eigenvalue weighted by molar-refractivity contribution is 0.0951. The van der Waals surface area contributed by atoms with Crippen LogP contribution in [0.25, 0.3) is 0 Å². The van der Waals surface area contributed by atoms with Crippen LogP contribution in [0.5, 0.6) is 0 Å². The third-order valence-corrected chi connectivity index (χ3v) is 5.03. The average Bonchev–Trinajstić information content (AvgIpc) is 2.73. The van der Waals surface area contributed by atoms with E-state index < -0.39 is 15.9 Å². The number of hydrogen-bond donors (Lipinski definition) is 3. The molecule has 0 aliphatic rings. The van der Waals surface area contributed by atoms with Crippen LogP contribution in [0.3, 0.4) is 0 Å². The number of para-hydroxylation sites is 1. The average molecular weight is 459 g/mol. The molecule has 160 valence electrons. The van der Waals surface area contributed by atoms with Gasteiger partial charge in [-0.25, -0.2) is 8.42 Å². The zero-order chi connectivity index (χ0) is 22.4. The maximum Gasteiger partial charge on any atom is 0.255 e. The van der Waals surface area contributed by atoms with E-state index in [4.69, 9.17) is 11.6 Å². The second-order valence-electron chi connectivity index (χ2n) is 6.61. The predicted octanol–water partition coefficient (Wildman–Crippen LogP) is 3.29. The molecule has 1 heterocycles. The van der Waals surface area contributed by atoms with Crippen molar-refractivity contribution in [3.05, 3.63) is 88.7 Å². The van der Waals surface area contributed by atoms with Crippen LogP contribution in [0, 0.1) is 0 Å². The van der Waals surface area contributed by atoms with Gasteiger partial charge >= 0.3 is 0 Å². The number of pyridine rings is 1. The minimum absolute atomic E-state index is 0.0700. The molecule has 0 saturated carbocycles. The maximum atomic E-state index is 12.7. The summed E-state index contributed by atoms with van der Waals surface area (Å²) >= 11 is 6.09. The molecule has 0 aliphatic carbocycles. The number of carbonyl (C=O) groups excluding carboxylic acids is 2. The summed E-state index contributed by atoms with van der Waals surface area (Å²) < 4.78 is 25.0. The van der Waals surface area contributed by atoms with Crippen LogP contribution in [0.4, 0.5) is 11.4 Å². The van der Waals surface area contributed by atoms with Crippen LogP contribution in [0.1, 0.15) is 26.3 Å². The molecule has 0 atom stereocenters. The fourth-order valence-corrected chi connectivity index (χ4v) is 3.56. The van der Waals surface area contributed by atoms with Gasteiger partial charge in [0.1, 0.15) is 0 Å². The Balaban J connectivity index is 1.73. The number of anilines is 2. The summed E-state index contributed by atoms with van der Waals surface area (Å²) in [4.78, 5) is 29.3. The van der Waals surface area contributed by atoms with Crippen molar-refractivity contribution in [2.24, 2.45) is 0 Å². The van der Waals surface area contributed by atoms with Gasteiger partial charge in [-0.15, -0.1) is 0 Å². The van der Waals surface area contributed by atoms with E-state index in [1.165, 1.54) is 18.2 Å². The molecule has 3 rings (SSSR count). The summed E-state index contributed by atoms with van der Waals surface area (Å²) in [6, 6.07) is 14.4. The first-order valence-corrected chi connectivity index (χ1v) is 11.3. The molecule has 0 spiro atoms. The molecule has 31 heavy (non-hydrogen) atoms. The zero-order valence-corrected chi connectivity index (χ0v) is 18.0. The van der Waals surface area contributed by atoms with Crippen molar-refractivity contribution in [2.75, 3.05) is 16.3 Å². The Kier molecular flexibility index (Phi) is 6.88. The molecule has 0 bridgehead atoms. The van der Waals surface area contributed by atoms with Gasteiger partial charge in [0.25, 0.3) is 11.8 Å². The molecule has 10 heteroatoms. The van der Waals surface area contributed by atoms with Gasteiger partial charge in [0.15, 0.2) is 0 Å². The lowest BCUT2D eigenvalue weighted by Gasteiger charge is -2.12. The fraction of sp³-hybridized carbons (Fsp3) is 0.0952. The Morgan fingerprint density at radius 3 is 2.45 bits per heavy atom. The van der Waals surface area contributed by atoms with Crippen molar-refractivity contribution in [3.8, 4) is 0 Å². The summed E-state index contributed by atoms with van der Waals surface area (Å²) in [6.45, 7) is 0.291. The Bertz CT molecular complexity index is 1220. The third-order valence-electron chi connectivity index (χ3n) is 4.12. The van der Waals surface area contributed by atoms with Gasteiger partial charge in [-0.3, -0.25) is 19.3 Å². The van der Waals surface area contributed by atoms with Gasteiger partial charge in [0.2, 0.25) is 10.0 Å². The maximum absolute atomic E-state index is 12.7. The Morgan fingerprint density at radius 2 is 1.77 bits per heavy atom. The van der Waals surface area contributed by atoms with Gasteiger partial charge in [0.05, 0.1) is 28.2 Å². The molecule has 2 amide bonds. The molecule has 0 saturated heterocycles. The molecule has 3 N–H and O–H groups in total. The number of hydrogen-bond acceptors (Lipinski definition) is 5. The largest absolute Gasteiger partial charge is 0.348 e. The van der Waals surface area contributed by atoms with Crippen molar-refractivity contribution >= 4 is 44.8 Å². The van der Waals surface area contributed by atoms with Crippen LogP contribution in [0.15, 0.2) is 67.0 Å². The Morgan fingerprint density at radius 1 is 1.00 bits per heavy atom. The van der Waals surface area contributed by atoms with Crippen LogP contribution >= 0.6 is 11.6 Å². The van der Waals surface area contributed by atoms with Crippen molar-refractivity contribution in [3.63, 3.8) is 0 Å². The number of nitrogens with zero attached hydrogens (tertiary/aromatic N) is 1. The summed E-state index contributed by atoms with van der Waals surface area (Å²) in [5, 5.41) is 5.55. The fourth-order valence-electron chi connectivity index (χ4n) is 2.70. The molecule has 8 nitrogen and oxygen atoms in total.